The van der Waals surface area contributed by atoms with Crippen molar-refractivity contribution in [2.45, 2.75) is 19.8 Å². The molecule has 1 fully saturated rings. The average molecular weight is 280 g/mol. The van der Waals surface area contributed by atoms with E-state index in [2.05, 4.69) is 26.7 Å². The highest BCUT2D eigenvalue weighted by Crippen LogP contribution is 2.41. The van der Waals surface area contributed by atoms with Gasteiger partial charge < -0.3 is 10.6 Å². The van der Waals surface area contributed by atoms with Crippen LogP contribution in [0.1, 0.15) is 18.5 Å². The molecule has 2 aromatic rings. The Morgan fingerprint density at radius 1 is 1.50 bits per heavy atom. The van der Waals surface area contributed by atoms with E-state index in [1.807, 2.05) is 6.92 Å². The van der Waals surface area contributed by atoms with E-state index in [4.69, 9.17) is 5.73 Å². The van der Waals surface area contributed by atoms with Crippen molar-refractivity contribution < 1.29 is 0 Å². The zero-order chi connectivity index (χ0) is 12.7. The molecule has 1 aliphatic carbocycles. The number of aromatic nitrogens is 2. The first-order valence-electron chi connectivity index (χ1n) is 6.04. The standard InChI is InChI=1S/C12H16N4S2/c1-7-6-17-11(14-7)9-10(13)15-18-12(9)16(2)5-8-3-4-8/h6,8H,3-5H2,1-2H3,(H2,13,15). The summed E-state index contributed by atoms with van der Waals surface area (Å²) in [5, 5.41) is 4.18. The minimum Gasteiger partial charge on any atom is -0.382 e. The molecule has 0 saturated heterocycles. The fraction of sp³-hybridized carbons (Fsp3) is 0.500. The van der Waals surface area contributed by atoms with Gasteiger partial charge in [0.25, 0.3) is 0 Å². The summed E-state index contributed by atoms with van der Waals surface area (Å²) in [5.41, 5.74) is 8.06. The van der Waals surface area contributed by atoms with E-state index in [0.29, 0.717) is 5.82 Å². The second-order valence-corrected chi connectivity index (χ2v) is 6.48. The van der Waals surface area contributed by atoms with Crippen molar-refractivity contribution >= 4 is 33.7 Å². The van der Waals surface area contributed by atoms with Gasteiger partial charge in [-0.15, -0.1) is 11.3 Å². The quantitative estimate of drug-likeness (QED) is 0.935. The van der Waals surface area contributed by atoms with Gasteiger partial charge in [-0.05, 0) is 37.2 Å². The van der Waals surface area contributed by atoms with Crippen molar-refractivity contribution in [3.8, 4) is 10.6 Å². The number of nitrogens with zero attached hydrogens (tertiary/aromatic N) is 3. The van der Waals surface area contributed by atoms with Crippen molar-refractivity contribution in [3.63, 3.8) is 0 Å². The summed E-state index contributed by atoms with van der Waals surface area (Å²) in [5.74, 6) is 1.45. The lowest BCUT2D eigenvalue weighted by atomic mass is 10.3. The Hall–Kier alpha value is -1.14. The molecule has 2 aromatic heterocycles. The van der Waals surface area contributed by atoms with Crippen LogP contribution in [0.5, 0.6) is 0 Å². The molecular formula is C12H16N4S2. The molecule has 0 unspecified atom stereocenters. The number of nitrogens with two attached hydrogens (primary N) is 1. The predicted molar refractivity (Wildman–Crippen MR) is 78.4 cm³/mol. The fourth-order valence-corrected chi connectivity index (χ4v) is 3.69. The molecule has 6 heteroatoms. The number of thiazole rings is 1. The lowest BCUT2D eigenvalue weighted by molar-refractivity contribution is 0.793. The Morgan fingerprint density at radius 2 is 2.28 bits per heavy atom. The molecule has 0 radical (unpaired) electrons. The molecule has 18 heavy (non-hydrogen) atoms. The molecular weight excluding hydrogens is 264 g/mol. The number of nitrogen functional groups attached to an aromatic ring is 1. The van der Waals surface area contributed by atoms with Crippen molar-refractivity contribution in [2.24, 2.45) is 5.92 Å². The monoisotopic (exact) mass is 280 g/mol. The van der Waals surface area contributed by atoms with Crippen LogP contribution in [0, 0.1) is 12.8 Å². The number of hydrogen-bond acceptors (Lipinski definition) is 6. The lowest BCUT2D eigenvalue weighted by Crippen LogP contribution is -2.19. The summed E-state index contributed by atoms with van der Waals surface area (Å²) in [6.45, 7) is 3.10. The maximum Gasteiger partial charge on any atom is 0.149 e. The summed E-state index contributed by atoms with van der Waals surface area (Å²) in [6.07, 6.45) is 2.70. The van der Waals surface area contributed by atoms with Gasteiger partial charge in [-0.2, -0.15) is 4.37 Å². The molecule has 0 spiro atoms. The van der Waals surface area contributed by atoms with Crippen LogP contribution in [-0.2, 0) is 0 Å². The van der Waals surface area contributed by atoms with Crippen molar-refractivity contribution in [3.05, 3.63) is 11.1 Å². The normalized spacial score (nSPS) is 15.0. The summed E-state index contributed by atoms with van der Waals surface area (Å²) in [4.78, 5) is 6.81. The van der Waals surface area contributed by atoms with E-state index in [1.54, 1.807) is 11.3 Å². The minimum atomic E-state index is 0.604. The first kappa shape index (κ1) is 11.9. The highest BCUT2D eigenvalue weighted by molar-refractivity contribution is 7.15. The van der Waals surface area contributed by atoms with Gasteiger partial charge in [-0.3, -0.25) is 0 Å². The first-order valence-corrected chi connectivity index (χ1v) is 7.69. The van der Waals surface area contributed by atoms with Gasteiger partial charge >= 0.3 is 0 Å². The second-order valence-electron chi connectivity index (χ2n) is 4.87. The van der Waals surface area contributed by atoms with E-state index in [0.717, 1.165) is 33.7 Å². The van der Waals surface area contributed by atoms with E-state index < -0.39 is 0 Å². The van der Waals surface area contributed by atoms with Crippen LogP contribution in [0.3, 0.4) is 0 Å². The van der Waals surface area contributed by atoms with E-state index in [-0.39, 0.29) is 0 Å². The molecule has 2 heterocycles. The molecule has 0 atom stereocenters. The van der Waals surface area contributed by atoms with Crippen LogP contribution < -0.4 is 10.6 Å². The minimum absolute atomic E-state index is 0.604. The van der Waals surface area contributed by atoms with Gasteiger partial charge in [0.05, 0.1) is 5.56 Å². The van der Waals surface area contributed by atoms with Crippen LogP contribution in [0.25, 0.3) is 10.6 Å². The first-order chi connectivity index (χ1) is 8.65. The van der Waals surface area contributed by atoms with Crippen LogP contribution in [0.4, 0.5) is 10.8 Å². The van der Waals surface area contributed by atoms with Gasteiger partial charge in [0, 0.05) is 24.7 Å². The van der Waals surface area contributed by atoms with Crippen molar-refractivity contribution in [1.29, 1.82) is 0 Å². The predicted octanol–water partition coefficient (Wildman–Crippen LogP) is 3.00. The van der Waals surface area contributed by atoms with Crippen LogP contribution >= 0.6 is 22.9 Å². The zero-order valence-corrected chi connectivity index (χ0v) is 12.1. The zero-order valence-electron chi connectivity index (χ0n) is 10.5. The Labute approximate surface area is 115 Å². The van der Waals surface area contributed by atoms with Crippen molar-refractivity contribution in [1.82, 2.24) is 9.36 Å². The molecule has 1 saturated carbocycles. The number of rotatable bonds is 4. The van der Waals surface area contributed by atoms with E-state index in [1.165, 1.54) is 24.4 Å². The average Bonchev–Trinajstić information content (AvgIpc) is 2.90. The molecule has 2 N–H and O–H groups in total. The third-order valence-electron chi connectivity index (χ3n) is 3.11. The van der Waals surface area contributed by atoms with Gasteiger partial charge in [0.1, 0.15) is 15.8 Å². The SMILES string of the molecule is Cc1csc(-c2c(N)nsc2N(C)CC2CC2)n1. The third-order valence-corrected chi connectivity index (χ3v) is 5.06. The van der Waals surface area contributed by atoms with Gasteiger partial charge in [0.2, 0.25) is 0 Å². The fourth-order valence-electron chi connectivity index (χ4n) is 1.99. The van der Waals surface area contributed by atoms with Gasteiger partial charge in [-0.25, -0.2) is 4.98 Å². The molecule has 1 aliphatic rings. The third kappa shape index (κ3) is 2.22. The summed E-state index contributed by atoms with van der Waals surface area (Å²) in [7, 11) is 2.12. The molecule has 96 valence electrons. The molecule has 0 aliphatic heterocycles. The molecule has 0 amide bonds. The Kier molecular flexibility index (Phi) is 2.99. The Morgan fingerprint density at radius 3 is 2.89 bits per heavy atom. The lowest BCUT2D eigenvalue weighted by Gasteiger charge is -2.17. The number of anilines is 2. The second kappa shape index (κ2) is 4.51. The van der Waals surface area contributed by atoms with Gasteiger partial charge in [-0.1, -0.05) is 0 Å². The highest BCUT2D eigenvalue weighted by Gasteiger charge is 2.26. The van der Waals surface area contributed by atoms with E-state index >= 15 is 0 Å². The maximum absolute atomic E-state index is 6.01. The highest BCUT2D eigenvalue weighted by atomic mass is 32.1. The Balaban J connectivity index is 1.94. The summed E-state index contributed by atoms with van der Waals surface area (Å²) >= 11 is 3.11. The Bertz CT molecular complexity index is 556. The maximum atomic E-state index is 6.01. The summed E-state index contributed by atoms with van der Waals surface area (Å²) < 4.78 is 4.30. The topological polar surface area (TPSA) is 55.0 Å². The van der Waals surface area contributed by atoms with Crippen LogP contribution in [0.2, 0.25) is 0 Å². The number of aryl methyl sites for hydroxylation is 1. The molecule has 3 rings (SSSR count). The molecule has 0 bridgehead atoms. The molecule has 4 nitrogen and oxygen atoms in total. The van der Waals surface area contributed by atoms with Gasteiger partial charge in [0.15, 0.2) is 0 Å². The van der Waals surface area contributed by atoms with E-state index in [9.17, 15) is 0 Å². The molecule has 0 aromatic carbocycles. The largest absolute Gasteiger partial charge is 0.382 e. The smallest absolute Gasteiger partial charge is 0.149 e. The number of hydrogen-bond donors (Lipinski definition) is 1. The van der Waals surface area contributed by atoms with Crippen LogP contribution in [-0.4, -0.2) is 22.9 Å². The van der Waals surface area contributed by atoms with Crippen LogP contribution in [0.15, 0.2) is 5.38 Å². The summed E-state index contributed by atoms with van der Waals surface area (Å²) in [6, 6.07) is 0. The van der Waals surface area contributed by atoms with Crippen molar-refractivity contribution in [2.75, 3.05) is 24.2 Å².